The molecule has 0 unspecified atom stereocenters. The van der Waals surface area contributed by atoms with Crippen LogP contribution in [0.3, 0.4) is 0 Å². The minimum absolute atomic E-state index is 0.0148. The predicted molar refractivity (Wildman–Crippen MR) is 67.0 cm³/mol. The monoisotopic (exact) mass is 289 g/mol. The maximum Gasteiger partial charge on any atom is 0.271 e. The van der Waals surface area contributed by atoms with Crippen molar-refractivity contribution in [2.45, 2.75) is 6.04 Å². The lowest BCUT2D eigenvalue weighted by atomic mass is 10.1. The van der Waals surface area contributed by atoms with Crippen molar-refractivity contribution in [1.29, 1.82) is 0 Å². The number of amides is 1. The Kier molecular flexibility index (Phi) is 3.43. The molecule has 0 aromatic heterocycles. The van der Waals surface area contributed by atoms with Crippen molar-refractivity contribution in [3.8, 4) is 0 Å². The van der Waals surface area contributed by atoms with Gasteiger partial charge in [0.1, 0.15) is 0 Å². The van der Waals surface area contributed by atoms with Gasteiger partial charge >= 0.3 is 0 Å². The van der Waals surface area contributed by atoms with E-state index in [1.807, 2.05) is 0 Å². The molecule has 0 aliphatic carbocycles. The number of non-ortho nitro benzene ring substituents is 1. The summed E-state index contributed by atoms with van der Waals surface area (Å²) in [5.41, 5.74) is 5.33. The first-order valence-corrected chi connectivity index (χ1v) is 5.84. The second-order valence-corrected chi connectivity index (χ2v) is 4.80. The lowest BCUT2D eigenvalue weighted by Crippen LogP contribution is -2.57. The lowest BCUT2D eigenvalue weighted by Gasteiger charge is -2.37. The van der Waals surface area contributed by atoms with E-state index in [-0.39, 0.29) is 27.3 Å². The van der Waals surface area contributed by atoms with Gasteiger partial charge in [0.2, 0.25) is 0 Å². The Balaban J connectivity index is 2.37. The highest BCUT2D eigenvalue weighted by Gasteiger charge is 2.31. The number of halogens is 2. The zero-order chi connectivity index (χ0) is 13.4. The average molecular weight is 290 g/mol. The maximum atomic E-state index is 12.0. The van der Waals surface area contributed by atoms with E-state index >= 15 is 0 Å². The molecular weight excluding hydrogens is 281 g/mol. The van der Waals surface area contributed by atoms with Gasteiger partial charge in [0.25, 0.3) is 11.6 Å². The van der Waals surface area contributed by atoms with E-state index in [0.717, 1.165) is 12.1 Å². The first-order chi connectivity index (χ1) is 8.40. The summed E-state index contributed by atoms with van der Waals surface area (Å²) >= 11 is 11.7. The largest absolute Gasteiger partial charge is 0.335 e. The smallest absolute Gasteiger partial charge is 0.271 e. The van der Waals surface area contributed by atoms with Crippen LogP contribution in [-0.2, 0) is 0 Å². The Morgan fingerprint density at radius 3 is 2.56 bits per heavy atom. The molecule has 1 aromatic carbocycles. The zero-order valence-electron chi connectivity index (χ0n) is 9.10. The zero-order valence-corrected chi connectivity index (χ0v) is 10.6. The average Bonchev–Trinajstić information content (AvgIpc) is 2.27. The number of nitro benzene ring substituents is 1. The molecule has 8 heteroatoms. The fraction of sp³-hybridized carbons (Fsp3) is 0.300. The summed E-state index contributed by atoms with van der Waals surface area (Å²) in [7, 11) is 0. The molecule has 2 rings (SSSR count). The van der Waals surface area contributed by atoms with Gasteiger partial charge in [-0.2, -0.15) is 0 Å². The minimum Gasteiger partial charge on any atom is -0.335 e. The quantitative estimate of drug-likeness (QED) is 0.663. The van der Waals surface area contributed by atoms with Gasteiger partial charge in [-0.15, -0.1) is 0 Å². The van der Waals surface area contributed by atoms with Crippen molar-refractivity contribution < 1.29 is 9.72 Å². The van der Waals surface area contributed by atoms with Crippen molar-refractivity contribution in [3.63, 3.8) is 0 Å². The van der Waals surface area contributed by atoms with E-state index in [9.17, 15) is 14.9 Å². The third-order valence-electron chi connectivity index (χ3n) is 2.65. The number of rotatable bonds is 2. The van der Waals surface area contributed by atoms with Crippen molar-refractivity contribution in [1.82, 2.24) is 4.90 Å². The van der Waals surface area contributed by atoms with Crippen LogP contribution in [0.4, 0.5) is 5.69 Å². The molecule has 1 aliphatic rings. The number of nitrogens with zero attached hydrogens (tertiary/aromatic N) is 2. The van der Waals surface area contributed by atoms with Crippen LogP contribution in [-0.4, -0.2) is 34.9 Å². The molecule has 0 spiro atoms. The maximum absolute atomic E-state index is 12.0. The van der Waals surface area contributed by atoms with Gasteiger partial charge in [-0.25, -0.2) is 0 Å². The molecule has 1 aliphatic heterocycles. The van der Waals surface area contributed by atoms with Crippen molar-refractivity contribution in [2.75, 3.05) is 13.1 Å². The Labute approximate surface area is 112 Å². The van der Waals surface area contributed by atoms with Crippen LogP contribution in [0.25, 0.3) is 0 Å². The Hall–Kier alpha value is -1.37. The highest BCUT2D eigenvalue weighted by molar-refractivity contribution is 6.44. The summed E-state index contributed by atoms with van der Waals surface area (Å²) in [5, 5.41) is 10.7. The van der Waals surface area contributed by atoms with Crippen LogP contribution in [0.2, 0.25) is 10.0 Å². The summed E-state index contributed by atoms with van der Waals surface area (Å²) in [6.45, 7) is 0.824. The molecule has 1 amide bonds. The molecular formula is C10H9Cl2N3O3. The molecule has 1 aromatic rings. The summed E-state index contributed by atoms with van der Waals surface area (Å²) < 4.78 is 0. The fourth-order valence-corrected chi connectivity index (χ4v) is 2.09. The van der Waals surface area contributed by atoms with Crippen LogP contribution in [0.5, 0.6) is 0 Å². The molecule has 0 bridgehead atoms. The molecule has 1 fully saturated rings. The van der Waals surface area contributed by atoms with E-state index in [0.29, 0.717) is 13.1 Å². The van der Waals surface area contributed by atoms with Crippen molar-refractivity contribution in [2.24, 2.45) is 5.73 Å². The van der Waals surface area contributed by atoms with Crippen LogP contribution in [0.15, 0.2) is 12.1 Å². The molecule has 1 saturated heterocycles. The van der Waals surface area contributed by atoms with Crippen LogP contribution in [0.1, 0.15) is 10.4 Å². The van der Waals surface area contributed by atoms with Crippen LogP contribution >= 0.6 is 23.2 Å². The third-order valence-corrected chi connectivity index (χ3v) is 3.45. The topological polar surface area (TPSA) is 89.5 Å². The second kappa shape index (κ2) is 4.72. The number of likely N-dealkylation sites (tertiary alicyclic amines) is 1. The highest BCUT2D eigenvalue weighted by Crippen LogP contribution is 2.32. The van der Waals surface area contributed by atoms with Crippen molar-refractivity contribution >= 4 is 34.8 Å². The number of benzene rings is 1. The molecule has 2 N–H and O–H groups in total. The van der Waals surface area contributed by atoms with Gasteiger partial charge in [0, 0.05) is 31.3 Å². The third kappa shape index (κ3) is 2.27. The normalized spacial score (nSPS) is 15.4. The standard InChI is InChI=1S/C10H9Cl2N3O3/c11-8-2-6(15(17)18)1-7(9(8)12)10(16)14-3-5(13)4-14/h1-2,5H,3-4,13H2. The fourth-order valence-electron chi connectivity index (χ4n) is 1.68. The van der Waals surface area contributed by atoms with Gasteiger partial charge in [0.05, 0.1) is 20.5 Å². The van der Waals surface area contributed by atoms with E-state index < -0.39 is 10.8 Å². The number of hydrogen-bond acceptors (Lipinski definition) is 4. The number of hydrogen-bond donors (Lipinski definition) is 1. The minimum atomic E-state index is -0.624. The van der Waals surface area contributed by atoms with E-state index in [1.165, 1.54) is 4.90 Å². The molecule has 96 valence electrons. The van der Waals surface area contributed by atoms with E-state index in [4.69, 9.17) is 28.9 Å². The number of carbonyl (C=O) groups is 1. The van der Waals surface area contributed by atoms with Gasteiger partial charge in [-0.3, -0.25) is 14.9 Å². The first-order valence-electron chi connectivity index (χ1n) is 5.08. The first kappa shape index (κ1) is 13.1. The summed E-state index contributed by atoms with van der Waals surface area (Å²) in [5.74, 6) is -0.396. The molecule has 0 radical (unpaired) electrons. The van der Waals surface area contributed by atoms with E-state index in [1.54, 1.807) is 0 Å². The number of nitro groups is 1. The van der Waals surface area contributed by atoms with Gasteiger partial charge in [-0.05, 0) is 0 Å². The van der Waals surface area contributed by atoms with Gasteiger partial charge in [0.15, 0.2) is 0 Å². The summed E-state index contributed by atoms with van der Waals surface area (Å²) in [4.78, 5) is 23.6. The highest BCUT2D eigenvalue weighted by atomic mass is 35.5. The number of carbonyl (C=O) groups excluding carboxylic acids is 1. The predicted octanol–water partition coefficient (Wildman–Crippen LogP) is 1.68. The van der Waals surface area contributed by atoms with Crippen molar-refractivity contribution in [3.05, 3.63) is 37.9 Å². The van der Waals surface area contributed by atoms with Gasteiger partial charge < -0.3 is 10.6 Å². The molecule has 18 heavy (non-hydrogen) atoms. The van der Waals surface area contributed by atoms with E-state index in [2.05, 4.69) is 0 Å². The summed E-state index contributed by atoms with van der Waals surface area (Å²) in [6, 6.07) is 2.19. The lowest BCUT2D eigenvalue weighted by molar-refractivity contribution is -0.384. The summed E-state index contributed by atoms with van der Waals surface area (Å²) in [6.07, 6.45) is 0. The molecule has 0 atom stereocenters. The van der Waals surface area contributed by atoms with Gasteiger partial charge in [-0.1, -0.05) is 23.2 Å². The molecule has 6 nitrogen and oxygen atoms in total. The second-order valence-electron chi connectivity index (χ2n) is 4.02. The molecule has 1 heterocycles. The Bertz CT molecular complexity index is 529. The number of nitrogens with two attached hydrogens (primary N) is 1. The van der Waals surface area contributed by atoms with Crippen LogP contribution < -0.4 is 5.73 Å². The SMILES string of the molecule is NC1CN(C(=O)c2cc([N+](=O)[O-])cc(Cl)c2Cl)C1. The molecule has 0 saturated carbocycles. The Morgan fingerprint density at radius 1 is 1.44 bits per heavy atom. The Morgan fingerprint density at radius 2 is 2.06 bits per heavy atom. The van der Waals surface area contributed by atoms with Crippen LogP contribution in [0, 0.1) is 10.1 Å².